The van der Waals surface area contributed by atoms with E-state index in [-0.39, 0.29) is 0 Å². The molecule has 0 amide bonds. The van der Waals surface area contributed by atoms with Crippen LogP contribution in [0, 0.1) is 0 Å². The normalized spacial score (nSPS) is 27.6. The molecule has 1 aromatic rings. The lowest BCUT2D eigenvalue weighted by atomic mass is 10.1. The van der Waals surface area contributed by atoms with E-state index < -0.39 is 0 Å². The molecule has 0 spiro atoms. The minimum absolute atomic E-state index is 0.320. The zero-order valence-electron chi connectivity index (χ0n) is 9.35. The minimum atomic E-state index is 0.320. The van der Waals surface area contributed by atoms with Crippen LogP contribution in [0.3, 0.4) is 0 Å². The van der Waals surface area contributed by atoms with E-state index in [1.165, 1.54) is 5.56 Å². The summed E-state index contributed by atoms with van der Waals surface area (Å²) in [7, 11) is 0. The summed E-state index contributed by atoms with van der Waals surface area (Å²) in [5.74, 6) is 1.10. The van der Waals surface area contributed by atoms with Gasteiger partial charge in [-0.2, -0.15) is 5.10 Å². The highest BCUT2D eigenvalue weighted by atomic mass is 15.7. The van der Waals surface area contributed by atoms with Crippen LogP contribution >= 0.6 is 0 Å². The average molecular weight is 216 g/mol. The van der Waals surface area contributed by atoms with Crippen LogP contribution in [0.1, 0.15) is 31.4 Å². The van der Waals surface area contributed by atoms with E-state index in [0.29, 0.717) is 12.2 Å². The van der Waals surface area contributed by atoms with Crippen LogP contribution in [0.4, 0.5) is 0 Å². The summed E-state index contributed by atoms with van der Waals surface area (Å²) in [6.07, 6.45) is 2.33. The van der Waals surface area contributed by atoms with Crippen LogP contribution in [-0.2, 0) is 0 Å². The number of nitrogens with zero attached hydrogens (tertiary/aromatic N) is 2. The lowest BCUT2D eigenvalue weighted by Crippen LogP contribution is -2.41. The van der Waals surface area contributed by atoms with Crippen LogP contribution < -0.4 is 10.9 Å². The van der Waals surface area contributed by atoms with Crippen molar-refractivity contribution in [3.8, 4) is 0 Å². The first-order chi connectivity index (χ1) is 7.88. The smallest absolute Gasteiger partial charge is 0.140 e. The third-order valence-corrected chi connectivity index (χ3v) is 3.20. The highest BCUT2D eigenvalue weighted by Crippen LogP contribution is 2.28. The standard InChI is InChI=1S/C12H16N4/c1-2-11-13-14-12-8-10(15-16(11)12)9-6-4-3-5-7-9/h3-7,10,12,14-15H,2,8H2,1H3. The molecule has 0 aromatic heterocycles. The maximum absolute atomic E-state index is 4.30. The predicted molar refractivity (Wildman–Crippen MR) is 63.4 cm³/mol. The molecule has 4 heteroatoms. The molecule has 2 heterocycles. The fraction of sp³-hybridized carbons (Fsp3) is 0.417. The van der Waals surface area contributed by atoms with Crippen molar-refractivity contribution in [2.24, 2.45) is 5.10 Å². The first-order valence-electron chi connectivity index (χ1n) is 5.81. The van der Waals surface area contributed by atoms with Crippen LogP contribution in [0.15, 0.2) is 35.4 Å². The van der Waals surface area contributed by atoms with Crippen molar-refractivity contribution < 1.29 is 0 Å². The summed E-state index contributed by atoms with van der Waals surface area (Å²) < 4.78 is 0. The molecule has 1 fully saturated rings. The summed E-state index contributed by atoms with van der Waals surface area (Å²) in [5, 5.41) is 6.46. The van der Waals surface area contributed by atoms with Crippen LogP contribution in [0.25, 0.3) is 0 Å². The van der Waals surface area contributed by atoms with Gasteiger partial charge in [-0.3, -0.25) is 10.4 Å². The number of nitrogens with one attached hydrogen (secondary N) is 2. The van der Waals surface area contributed by atoms with Gasteiger partial charge in [-0.1, -0.05) is 37.3 Å². The fourth-order valence-electron chi connectivity index (χ4n) is 2.35. The van der Waals surface area contributed by atoms with Crippen molar-refractivity contribution in [1.29, 1.82) is 0 Å². The molecule has 3 rings (SSSR count). The molecule has 1 aromatic carbocycles. The highest BCUT2D eigenvalue weighted by Gasteiger charge is 2.37. The first kappa shape index (κ1) is 9.66. The molecular formula is C12H16N4. The van der Waals surface area contributed by atoms with E-state index in [2.05, 4.69) is 58.2 Å². The largest absolute Gasteiger partial charge is 0.285 e. The van der Waals surface area contributed by atoms with Gasteiger partial charge in [-0.15, -0.1) is 0 Å². The van der Waals surface area contributed by atoms with Gasteiger partial charge in [0.05, 0.1) is 6.04 Å². The van der Waals surface area contributed by atoms with Gasteiger partial charge < -0.3 is 0 Å². The third-order valence-electron chi connectivity index (χ3n) is 3.20. The topological polar surface area (TPSA) is 39.7 Å². The van der Waals surface area contributed by atoms with E-state index in [4.69, 9.17) is 0 Å². The van der Waals surface area contributed by atoms with Crippen molar-refractivity contribution in [1.82, 2.24) is 15.9 Å². The predicted octanol–water partition coefficient (Wildman–Crippen LogP) is 1.59. The Bertz CT molecular complexity index is 401. The van der Waals surface area contributed by atoms with E-state index in [1.54, 1.807) is 0 Å². The van der Waals surface area contributed by atoms with Crippen LogP contribution in [0.5, 0.6) is 0 Å². The maximum atomic E-state index is 4.30. The Balaban J connectivity index is 1.77. The Morgan fingerprint density at radius 2 is 2.19 bits per heavy atom. The highest BCUT2D eigenvalue weighted by molar-refractivity contribution is 5.83. The molecule has 2 aliphatic rings. The summed E-state index contributed by atoms with van der Waals surface area (Å²) >= 11 is 0. The van der Waals surface area contributed by atoms with E-state index in [0.717, 1.165) is 18.7 Å². The maximum Gasteiger partial charge on any atom is 0.140 e. The minimum Gasteiger partial charge on any atom is -0.285 e. The number of hydrazine groups is 1. The molecule has 0 aliphatic carbocycles. The lowest BCUT2D eigenvalue weighted by Gasteiger charge is -2.18. The Labute approximate surface area is 95.3 Å². The number of amidine groups is 1. The zero-order chi connectivity index (χ0) is 11.0. The van der Waals surface area contributed by atoms with Gasteiger partial charge in [0.15, 0.2) is 0 Å². The molecule has 0 saturated carbocycles. The Morgan fingerprint density at radius 1 is 1.38 bits per heavy atom. The van der Waals surface area contributed by atoms with Crippen molar-refractivity contribution in [3.05, 3.63) is 35.9 Å². The Morgan fingerprint density at radius 3 is 2.94 bits per heavy atom. The fourth-order valence-corrected chi connectivity index (χ4v) is 2.35. The molecule has 16 heavy (non-hydrogen) atoms. The second kappa shape index (κ2) is 3.79. The van der Waals surface area contributed by atoms with Crippen LogP contribution in [-0.4, -0.2) is 17.0 Å². The molecule has 84 valence electrons. The van der Waals surface area contributed by atoms with Crippen molar-refractivity contribution >= 4 is 5.84 Å². The van der Waals surface area contributed by atoms with E-state index in [9.17, 15) is 0 Å². The summed E-state index contributed by atoms with van der Waals surface area (Å²) in [5.41, 5.74) is 8.02. The third kappa shape index (κ3) is 1.46. The molecule has 2 atom stereocenters. The second-order valence-electron chi connectivity index (χ2n) is 4.22. The van der Waals surface area contributed by atoms with E-state index >= 15 is 0 Å². The van der Waals surface area contributed by atoms with Crippen LogP contribution in [0.2, 0.25) is 0 Å². The molecular weight excluding hydrogens is 200 g/mol. The van der Waals surface area contributed by atoms with Crippen molar-refractivity contribution in [3.63, 3.8) is 0 Å². The number of rotatable bonds is 2. The number of hydrogen-bond donors (Lipinski definition) is 2. The molecule has 0 bridgehead atoms. The van der Waals surface area contributed by atoms with Gasteiger partial charge in [-0.25, -0.2) is 5.43 Å². The van der Waals surface area contributed by atoms with Crippen molar-refractivity contribution in [2.75, 3.05) is 0 Å². The summed E-state index contributed by atoms with van der Waals surface area (Å²) in [6, 6.07) is 11.0. The lowest BCUT2D eigenvalue weighted by molar-refractivity contribution is 0.297. The van der Waals surface area contributed by atoms with Gasteiger partial charge in [-0.05, 0) is 5.56 Å². The molecule has 0 radical (unpaired) electrons. The quantitative estimate of drug-likeness (QED) is 0.788. The van der Waals surface area contributed by atoms with Gasteiger partial charge >= 0.3 is 0 Å². The van der Waals surface area contributed by atoms with E-state index in [1.807, 2.05) is 0 Å². The van der Waals surface area contributed by atoms with Gasteiger partial charge in [0.1, 0.15) is 12.0 Å². The first-order valence-corrected chi connectivity index (χ1v) is 5.81. The number of hydrazone groups is 1. The molecule has 2 aliphatic heterocycles. The number of hydrogen-bond acceptors (Lipinski definition) is 4. The van der Waals surface area contributed by atoms with Crippen molar-refractivity contribution in [2.45, 2.75) is 32.0 Å². The average Bonchev–Trinajstić information content (AvgIpc) is 2.89. The zero-order valence-corrected chi connectivity index (χ0v) is 9.35. The SMILES string of the molecule is CCC1=NNC2CC(c3ccccc3)NN12. The Hall–Kier alpha value is -1.55. The number of fused-ring (bicyclic) bond motifs is 1. The molecule has 1 saturated heterocycles. The summed E-state index contributed by atoms with van der Waals surface area (Å²) in [6.45, 7) is 2.13. The van der Waals surface area contributed by atoms with Gasteiger partial charge in [0.25, 0.3) is 0 Å². The molecule has 2 N–H and O–H groups in total. The summed E-state index contributed by atoms with van der Waals surface area (Å²) in [4.78, 5) is 0. The molecule has 4 nitrogen and oxygen atoms in total. The molecule has 2 unspecified atom stereocenters. The number of benzene rings is 1. The van der Waals surface area contributed by atoms with Gasteiger partial charge in [0, 0.05) is 12.8 Å². The van der Waals surface area contributed by atoms with Gasteiger partial charge in [0.2, 0.25) is 0 Å². The second-order valence-corrected chi connectivity index (χ2v) is 4.22. The Kier molecular flexibility index (Phi) is 2.29. The monoisotopic (exact) mass is 216 g/mol.